The number of nitrogens with one attached hydrogen (secondary N) is 1. The molecule has 1 amide bonds. The van der Waals surface area contributed by atoms with E-state index < -0.39 is 0 Å². The number of carbonyl (C=O) groups is 1. The zero-order chi connectivity index (χ0) is 28.4. The zero-order valence-corrected chi connectivity index (χ0v) is 25.0. The highest BCUT2D eigenvalue weighted by atomic mass is 32.2. The average Bonchev–Trinajstić information content (AvgIpc) is 3.26. The molecule has 226 valence electrons. The highest BCUT2D eigenvalue weighted by Crippen LogP contribution is 2.61. The quantitative estimate of drug-likeness (QED) is 0.162. The maximum Gasteiger partial charge on any atom is 0.220 e. The molecule has 0 aliphatic heterocycles. The minimum Gasteiger partial charge on any atom is -0.507 e. The van der Waals surface area contributed by atoms with Crippen molar-refractivity contribution in [3.8, 4) is 5.75 Å². The molecule has 8 nitrogen and oxygen atoms in total. The maximum absolute atomic E-state index is 12.4. The molecule has 0 saturated heterocycles. The Morgan fingerprint density at radius 1 is 1.05 bits per heavy atom. The fourth-order valence-corrected chi connectivity index (χ4v) is 8.32. The second-order valence-electron chi connectivity index (χ2n) is 11.8. The number of aliphatic hydroxyl groups excluding tert-OH is 1. The Labute approximate surface area is 244 Å². The lowest BCUT2D eigenvalue weighted by Gasteiger charge is -2.50. The first-order valence-electron chi connectivity index (χ1n) is 15.3. The largest absolute Gasteiger partial charge is 0.507 e. The number of phenolic OH excluding ortho intramolecular Hbond substituents is 1. The first-order chi connectivity index (χ1) is 19.5. The molecule has 5 N–H and O–H groups in total. The summed E-state index contributed by atoms with van der Waals surface area (Å²) in [5.74, 6) is 2.74. The lowest BCUT2D eigenvalue weighted by atomic mass is 9.55. The molecule has 4 rings (SSSR count). The number of fused-ring (bicyclic) bond motifs is 5. The molecule has 0 aromatic heterocycles. The van der Waals surface area contributed by atoms with Crippen LogP contribution >= 0.6 is 11.8 Å². The number of carbonyl (C=O) groups excluding carboxylic acids is 1. The van der Waals surface area contributed by atoms with Gasteiger partial charge in [-0.1, -0.05) is 13.0 Å². The van der Waals surface area contributed by atoms with E-state index in [2.05, 4.69) is 18.3 Å². The lowest BCUT2D eigenvalue weighted by molar-refractivity contribution is -0.120. The minimum absolute atomic E-state index is 0.0289. The lowest BCUT2D eigenvalue weighted by Crippen LogP contribution is -2.44. The van der Waals surface area contributed by atoms with E-state index in [9.17, 15) is 15.0 Å². The van der Waals surface area contributed by atoms with Gasteiger partial charge in [0.25, 0.3) is 0 Å². The smallest absolute Gasteiger partial charge is 0.220 e. The molecule has 1 aromatic rings. The van der Waals surface area contributed by atoms with Crippen LogP contribution in [0.1, 0.15) is 75.3 Å². The van der Waals surface area contributed by atoms with Crippen molar-refractivity contribution in [3.05, 3.63) is 23.3 Å². The van der Waals surface area contributed by atoms with E-state index in [-0.39, 0.29) is 17.4 Å². The Hall–Kier alpha value is -1.36. The SMILES string of the molecule is C[C@]12CC[C@@H]3c4ccc(O)c(SCCC(=O)NCCCOCCOCCOCCCN)c4CC[C@H]3[C@@H]1CC[C@@H]2O. The summed E-state index contributed by atoms with van der Waals surface area (Å²) in [6, 6.07) is 3.99. The van der Waals surface area contributed by atoms with Gasteiger partial charge < -0.3 is 35.5 Å². The summed E-state index contributed by atoms with van der Waals surface area (Å²) in [6.07, 6.45) is 8.23. The zero-order valence-electron chi connectivity index (χ0n) is 24.2. The van der Waals surface area contributed by atoms with E-state index in [4.69, 9.17) is 19.9 Å². The second-order valence-corrected chi connectivity index (χ2v) is 12.9. The van der Waals surface area contributed by atoms with Crippen molar-refractivity contribution in [2.45, 2.75) is 81.6 Å². The predicted molar refractivity (Wildman–Crippen MR) is 158 cm³/mol. The highest BCUT2D eigenvalue weighted by molar-refractivity contribution is 7.99. The highest BCUT2D eigenvalue weighted by Gasteiger charge is 2.54. The van der Waals surface area contributed by atoms with Gasteiger partial charge in [0.1, 0.15) is 5.75 Å². The van der Waals surface area contributed by atoms with Gasteiger partial charge in [0.15, 0.2) is 0 Å². The van der Waals surface area contributed by atoms with E-state index in [1.54, 1.807) is 11.8 Å². The summed E-state index contributed by atoms with van der Waals surface area (Å²) in [7, 11) is 0. The average molecular weight is 579 g/mol. The molecule has 9 heteroatoms. The molecule has 0 unspecified atom stereocenters. The first-order valence-corrected chi connectivity index (χ1v) is 16.3. The van der Waals surface area contributed by atoms with Crippen molar-refractivity contribution in [1.82, 2.24) is 5.32 Å². The Bertz CT molecular complexity index is 949. The fourth-order valence-electron chi connectivity index (χ4n) is 7.22. The van der Waals surface area contributed by atoms with Crippen molar-refractivity contribution in [1.29, 1.82) is 0 Å². The van der Waals surface area contributed by atoms with Crippen LogP contribution in [0.3, 0.4) is 0 Å². The molecule has 2 saturated carbocycles. The van der Waals surface area contributed by atoms with Crippen LogP contribution in [-0.4, -0.2) is 80.7 Å². The number of hydrogen-bond acceptors (Lipinski definition) is 8. The Balaban J connectivity index is 1.12. The fraction of sp³-hybridized carbons (Fsp3) is 0.774. The molecule has 40 heavy (non-hydrogen) atoms. The van der Waals surface area contributed by atoms with Crippen molar-refractivity contribution < 1.29 is 29.2 Å². The minimum atomic E-state index is -0.160. The number of nitrogens with two attached hydrogens (primary N) is 1. The third-order valence-electron chi connectivity index (χ3n) is 9.39. The van der Waals surface area contributed by atoms with E-state index in [1.807, 2.05) is 6.07 Å². The van der Waals surface area contributed by atoms with Gasteiger partial charge in [-0.2, -0.15) is 0 Å². The van der Waals surface area contributed by atoms with Crippen molar-refractivity contribution in [2.24, 2.45) is 23.0 Å². The van der Waals surface area contributed by atoms with Gasteiger partial charge in [-0.05, 0) is 98.3 Å². The van der Waals surface area contributed by atoms with Crippen LogP contribution in [0.5, 0.6) is 5.75 Å². The van der Waals surface area contributed by atoms with Crippen LogP contribution in [0.25, 0.3) is 0 Å². The molecular formula is C31H50N2O6S. The van der Waals surface area contributed by atoms with Crippen LogP contribution in [0, 0.1) is 17.3 Å². The third-order valence-corrected chi connectivity index (χ3v) is 10.5. The van der Waals surface area contributed by atoms with Gasteiger partial charge in [-0.15, -0.1) is 11.8 Å². The third kappa shape index (κ3) is 7.92. The number of ether oxygens (including phenoxy) is 3. The number of aliphatic hydroxyl groups is 1. The van der Waals surface area contributed by atoms with Crippen molar-refractivity contribution in [2.75, 3.05) is 58.5 Å². The number of aromatic hydroxyl groups is 1. The van der Waals surface area contributed by atoms with E-state index in [0.29, 0.717) is 88.4 Å². The van der Waals surface area contributed by atoms with Gasteiger partial charge >= 0.3 is 0 Å². The second kappa shape index (κ2) is 15.8. The number of phenols is 1. The number of thioether (sulfide) groups is 1. The van der Waals surface area contributed by atoms with Crippen LogP contribution in [0.15, 0.2) is 17.0 Å². The van der Waals surface area contributed by atoms with Crippen LogP contribution in [0.2, 0.25) is 0 Å². The summed E-state index contributed by atoms with van der Waals surface area (Å²) in [5, 5.41) is 24.3. The van der Waals surface area contributed by atoms with Crippen LogP contribution in [-0.2, 0) is 25.4 Å². The topological polar surface area (TPSA) is 123 Å². The summed E-state index contributed by atoms with van der Waals surface area (Å²) in [4.78, 5) is 13.3. The maximum atomic E-state index is 12.4. The van der Waals surface area contributed by atoms with Gasteiger partial charge in [-0.25, -0.2) is 0 Å². The monoisotopic (exact) mass is 578 g/mol. The number of hydrogen-bond donors (Lipinski definition) is 4. The molecule has 5 atom stereocenters. The van der Waals surface area contributed by atoms with E-state index >= 15 is 0 Å². The number of rotatable bonds is 17. The molecule has 0 heterocycles. The molecule has 0 bridgehead atoms. The van der Waals surface area contributed by atoms with Gasteiger partial charge in [0, 0.05) is 31.9 Å². The van der Waals surface area contributed by atoms with E-state index in [0.717, 1.165) is 56.3 Å². The predicted octanol–water partition coefficient (Wildman–Crippen LogP) is 4.00. The van der Waals surface area contributed by atoms with Crippen LogP contribution < -0.4 is 11.1 Å². The van der Waals surface area contributed by atoms with Gasteiger partial charge in [0.2, 0.25) is 5.91 Å². The summed E-state index contributed by atoms with van der Waals surface area (Å²) in [6.45, 7) is 6.97. The number of amides is 1. The molecular weight excluding hydrogens is 528 g/mol. The van der Waals surface area contributed by atoms with Crippen molar-refractivity contribution >= 4 is 17.7 Å². The molecule has 3 aliphatic carbocycles. The Morgan fingerprint density at radius 3 is 2.52 bits per heavy atom. The van der Waals surface area contributed by atoms with Crippen LogP contribution in [0.4, 0.5) is 0 Å². The molecule has 0 spiro atoms. The van der Waals surface area contributed by atoms with E-state index in [1.165, 1.54) is 11.1 Å². The molecule has 2 fully saturated rings. The first kappa shape index (κ1) is 31.6. The van der Waals surface area contributed by atoms with Crippen molar-refractivity contribution in [3.63, 3.8) is 0 Å². The standard InChI is InChI=1S/C31H50N2O6S/c1-31-12-10-23-22-6-8-27(34)30(25(22)5-4-24(23)26(31)7-9-28(31)35)40-21-11-29(36)33-14-3-16-38-18-20-39-19-17-37-15-2-13-32/h6,8,23-24,26,28,34-35H,2-5,7,9-21,32H2,1H3,(H,33,36)/t23-,24-,26+,28+,31+/m1/s1. The van der Waals surface area contributed by atoms with Gasteiger partial charge in [-0.3, -0.25) is 4.79 Å². The summed E-state index contributed by atoms with van der Waals surface area (Å²) < 4.78 is 16.4. The molecule has 0 radical (unpaired) electrons. The Morgan fingerprint density at radius 2 is 1.77 bits per heavy atom. The normalized spacial score (nSPS) is 27.2. The van der Waals surface area contributed by atoms with Gasteiger partial charge in [0.05, 0.1) is 37.4 Å². The number of benzene rings is 1. The summed E-state index contributed by atoms with van der Waals surface area (Å²) >= 11 is 1.61. The Kier molecular flexibility index (Phi) is 12.4. The summed E-state index contributed by atoms with van der Waals surface area (Å²) in [5.41, 5.74) is 8.16. The molecule has 3 aliphatic rings. The molecule has 1 aromatic carbocycles.